The van der Waals surface area contributed by atoms with Crippen LogP contribution in [0.5, 0.6) is 0 Å². The lowest BCUT2D eigenvalue weighted by molar-refractivity contribution is 0.0532. The summed E-state index contributed by atoms with van der Waals surface area (Å²) < 4.78 is 7.13. The minimum absolute atomic E-state index is 0.218. The van der Waals surface area contributed by atoms with E-state index < -0.39 is 0 Å². The maximum atomic E-state index is 11.8. The zero-order valence-electron chi connectivity index (χ0n) is 11.1. The normalized spacial score (nSPS) is 13.6. The second kappa shape index (κ2) is 4.81. The van der Waals surface area contributed by atoms with E-state index in [1.54, 1.807) is 11.3 Å². The molecule has 19 heavy (non-hydrogen) atoms. The van der Waals surface area contributed by atoms with Crippen LogP contribution in [0.2, 0.25) is 0 Å². The van der Waals surface area contributed by atoms with E-state index in [0.717, 1.165) is 36.2 Å². The van der Waals surface area contributed by atoms with Crippen molar-refractivity contribution in [1.82, 2.24) is 9.78 Å². The Labute approximate surface area is 116 Å². The Morgan fingerprint density at radius 3 is 3.21 bits per heavy atom. The molecule has 0 spiro atoms. The van der Waals surface area contributed by atoms with E-state index in [-0.39, 0.29) is 5.97 Å². The molecule has 100 valence electrons. The molecular formula is C14H16N2O2S. The molecule has 0 aliphatic carbocycles. The molecule has 0 radical (unpaired) electrons. The average molecular weight is 276 g/mol. The molecule has 0 saturated carbocycles. The van der Waals surface area contributed by atoms with Gasteiger partial charge in [-0.1, -0.05) is 0 Å². The van der Waals surface area contributed by atoms with Gasteiger partial charge in [0.25, 0.3) is 0 Å². The van der Waals surface area contributed by atoms with Gasteiger partial charge in [0.1, 0.15) is 4.88 Å². The molecule has 0 N–H and O–H groups in total. The Kier molecular flexibility index (Phi) is 3.14. The second-order valence-electron chi connectivity index (χ2n) is 4.67. The first-order valence-corrected chi connectivity index (χ1v) is 7.35. The minimum atomic E-state index is -0.218. The molecule has 5 heteroatoms. The van der Waals surface area contributed by atoms with Crippen LogP contribution in [-0.4, -0.2) is 22.4 Å². The third kappa shape index (κ3) is 2.08. The lowest BCUT2D eigenvalue weighted by atomic mass is 10.1. The number of carbonyl (C=O) groups excluding carboxylic acids is 1. The largest absolute Gasteiger partial charge is 0.462 e. The number of nitrogens with zero attached hydrogens (tertiary/aromatic N) is 2. The zero-order valence-corrected chi connectivity index (χ0v) is 11.9. The van der Waals surface area contributed by atoms with E-state index in [1.165, 1.54) is 4.88 Å². The molecular weight excluding hydrogens is 260 g/mol. The molecule has 4 nitrogen and oxygen atoms in total. The van der Waals surface area contributed by atoms with Gasteiger partial charge < -0.3 is 4.74 Å². The third-order valence-corrected chi connectivity index (χ3v) is 4.51. The minimum Gasteiger partial charge on any atom is -0.462 e. The molecule has 2 aromatic rings. The predicted octanol–water partition coefficient (Wildman–Crippen LogP) is 3.04. The molecule has 1 aliphatic heterocycles. The number of thiophene rings is 1. The van der Waals surface area contributed by atoms with Crippen molar-refractivity contribution in [3.8, 4) is 11.3 Å². The Morgan fingerprint density at radius 2 is 2.42 bits per heavy atom. The molecule has 3 heterocycles. The van der Waals surface area contributed by atoms with Crippen LogP contribution in [0.15, 0.2) is 12.3 Å². The van der Waals surface area contributed by atoms with Crippen molar-refractivity contribution in [3.05, 3.63) is 27.6 Å². The smallest absolute Gasteiger partial charge is 0.348 e. The fourth-order valence-corrected chi connectivity index (χ4v) is 3.60. The van der Waals surface area contributed by atoms with Gasteiger partial charge in [-0.05, 0) is 38.3 Å². The van der Waals surface area contributed by atoms with Gasteiger partial charge in [-0.15, -0.1) is 11.3 Å². The lowest BCUT2D eigenvalue weighted by Gasteiger charge is -2.03. The number of esters is 1. The first kappa shape index (κ1) is 12.4. The molecule has 0 aromatic carbocycles. The third-order valence-electron chi connectivity index (χ3n) is 3.34. The summed E-state index contributed by atoms with van der Waals surface area (Å²) in [5.74, 6) is -0.218. The Hall–Kier alpha value is -1.62. The maximum Gasteiger partial charge on any atom is 0.348 e. The first-order valence-electron chi connectivity index (χ1n) is 6.53. The highest BCUT2D eigenvalue weighted by molar-refractivity contribution is 7.14. The summed E-state index contributed by atoms with van der Waals surface area (Å²) in [5.41, 5.74) is 3.47. The van der Waals surface area contributed by atoms with Crippen LogP contribution in [0, 0.1) is 6.92 Å². The van der Waals surface area contributed by atoms with Crippen molar-refractivity contribution in [3.63, 3.8) is 0 Å². The number of fused-ring (bicyclic) bond motifs is 3. The summed E-state index contributed by atoms with van der Waals surface area (Å²) >= 11 is 1.56. The van der Waals surface area contributed by atoms with Crippen molar-refractivity contribution >= 4 is 17.3 Å². The second-order valence-corrected chi connectivity index (χ2v) is 5.81. The van der Waals surface area contributed by atoms with Crippen molar-refractivity contribution in [2.45, 2.75) is 33.2 Å². The predicted molar refractivity (Wildman–Crippen MR) is 74.6 cm³/mol. The van der Waals surface area contributed by atoms with E-state index >= 15 is 0 Å². The van der Waals surface area contributed by atoms with Crippen LogP contribution >= 0.6 is 11.3 Å². The average Bonchev–Trinajstić information content (AvgIpc) is 2.90. The number of ether oxygens (including phenoxy) is 1. The number of aromatic nitrogens is 2. The molecule has 2 aromatic heterocycles. The van der Waals surface area contributed by atoms with Gasteiger partial charge >= 0.3 is 5.97 Å². The van der Waals surface area contributed by atoms with Gasteiger partial charge in [0.2, 0.25) is 0 Å². The summed E-state index contributed by atoms with van der Waals surface area (Å²) in [6.07, 6.45) is 3.96. The summed E-state index contributed by atoms with van der Waals surface area (Å²) in [7, 11) is 0. The van der Waals surface area contributed by atoms with E-state index in [2.05, 4.69) is 12.0 Å². The van der Waals surface area contributed by atoms with Gasteiger partial charge in [0.05, 0.1) is 18.5 Å². The highest BCUT2D eigenvalue weighted by Gasteiger charge is 2.22. The highest BCUT2D eigenvalue weighted by atomic mass is 32.1. The van der Waals surface area contributed by atoms with Crippen molar-refractivity contribution in [2.24, 2.45) is 0 Å². The number of aryl methyl sites for hydroxylation is 3. The van der Waals surface area contributed by atoms with Crippen LogP contribution in [0.25, 0.3) is 11.3 Å². The number of hydrogen-bond donors (Lipinski definition) is 0. The van der Waals surface area contributed by atoms with Gasteiger partial charge in [-0.3, -0.25) is 4.68 Å². The lowest BCUT2D eigenvalue weighted by Crippen LogP contribution is -2.02. The Balaban J connectivity index is 2.08. The molecule has 0 atom stereocenters. The van der Waals surface area contributed by atoms with Crippen LogP contribution in [-0.2, 0) is 17.7 Å². The summed E-state index contributed by atoms with van der Waals surface area (Å²) in [4.78, 5) is 13.8. The van der Waals surface area contributed by atoms with Crippen LogP contribution in [0.4, 0.5) is 0 Å². The highest BCUT2D eigenvalue weighted by Crippen LogP contribution is 2.36. The van der Waals surface area contributed by atoms with E-state index in [9.17, 15) is 4.79 Å². The first-order chi connectivity index (χ1) is 9.20. The molecule has 0 unspecified atom stereocenters. The SMILES string of the molecule is CCOC(=O)c1cc2c(s1)CCCn1ncc(C)c1-2. The topological polar surface area (TPSA) is 44.1 Å². The standard InChI is InChI=1S/C14H16N2O2S/c1-3-18-14(17)12-7-10-11(19-12)5-4-6-16-13(10)9(2)8-15-16/h7-8H,3-6H2,1-2H3. The van der Waals surface area contributed by atoms with Crippen molar-refractivity contribution < 1.29 is 9.53 Å². The Morgan fingerprint density at radius 1 is 1.58 bits per heavy atom. The Bertz CT molecular complexity index is 627. The fourth-order valence-electron chi connectivity index (χ4n) is 2.51. The van der Waals surface area contributed by atoms with E-state index in [1.807, 2.05) is 23.9 Å². The maximum absolute atomic E-state index is 11.8. The molecule has 3 rings (SSSR count). The molecule has 1 aliphatic rings. The number of carbonyl (C=O) groups is 1. The zero-order chi connectivity index (χ0) is 13.4. The van der Waals surface area contributed by atoms with Gasteiger partial charge in [-0.25, -0.2) is 4.79 Å². The van der Waals surface area contributed by atoms with Gasteiger partial charge in [0.15, 0.2) is 0 Å². The number of rotatable bonds is 2. The van der Waals surface area contributed by atoms with Crippen molar-refractivity contribution in [1.29, 1.82) is 0 Å². The monoisotopic (exact) mass is 276 g/mol. The molecule has 0 amide bonds. The van der Waals surface area contributed by atoms with E-state index in [0.29, 0.717) is 11.5 Å². The van der Waals surface area contributed by atoms with Crippen LogP contribution in [0.1, 0.15) is 33.5 Å². The fraction of sp³-hybridized carbons (Fsp3) is 0.429. The van der Waals surface area contributed by atoms with Gasteiger partial charge in [0, 0.05) is 17.0 Å². The molecule has 0 bridgehead atoms. The van der Waals surface area contributed by atoms with Gasteiger partial charge in [-0.2, -0.15) is 5.10 Å². The molecule has 0 saturated heterocycles. The quantitative estimate of drug-likeness (QED) is 0.792. The summed E-state index contributed by atoms with van der Waals surface area (Å²) in [6.45, 7) is 5.25. The summed E-state index contributed by atoms with van der Waals surface area (Å²) in [6, 6.07) is 1.96. The van der Waals surface area contributed by atoms with Crippen LogP contribution < -0.4 is 0 Å². The van der Waals surface area contributed by atoms with Crippen molar-refractivity contribution in [2.75, 3.05) is 6.61 Å². The van der Waals surface area contributed by atoms with Crippen LogP contribution in [0.3, 0.4) is 0 Å². The van der Waals surface area contributed by atoms with E-state index in [4.69, 9.17) is 4.74 Å². The molecule has 0 fully saturated rings. The summed E-state index contributed by atoms with van der Waals surface area (Å²) in [5, 5.41) is 4.41. The number of hydrogen-bond acceptors (Lipinski definition) is 4.